The van der Waals surface area contributed by atoms with Crippen molar-refractivity contribution in [2.75, 3.05) is 32.1 Å². The second-order valence-electron chi connectivity index (χ2n) is 9.35. The van der Waals surface area contributed by atoms with Crippen LogP contribution < -0.4 is 15.4 Å². The van der Waals surface area contributed by atoms with E-state index in [1.165, 1.54) is 0 Å². The lowest BCUT2D eigenvalue weighted by Crippen LogP contribution is -2.60. The zero-order chi connectivity index (χ0) is 21.9. The van der Waals surface area contributed by atoms with Crippen LogP contribution >= 0.6 is 12.2 Å². The summed E-state index contributed by atoms with van der Waals surface area (Å²) in [5.74, 6) is 2.03. The van der Waals surface area contributed by atoms with E-state index in [1.54, 1.807) is 7.11 Å². The fourth-order valence-electron chi connectivity index (χ4n) is 4.49. The largest absolute Gasteiger partial charge is 0.497 e. The van der Waals surface area contributed by atoms with Crippen LogP contribution in [0.1, 0.15) is 47.0 Å². The molecule has 2 aliphatic rings. The van der Waals surface area contributed by atoms with Gasteiger partial charge in [0, 0.05) is 38.2 Å². The van der Waals surface area contributed by atoms with Crippen LogP contribution in [0.3, 0.4) is 0 Å². The molecule has 2 fully saturated rings. The summed E-state index contributed by atoms with van der Waals surface area (Å²) in [5, 5.41) is 7.80. The van der Waals surface area contributed by atoms with Crippen molar-refractivity contribution >= 4 is 28.9 Å². The molecule has 0 aromatic heterocycles. The number of anilines is 1. The summed E-state index contributed by atoms with van der Waals surface area (Å²) in [7, 11) is 1.66. The fourth-order valence-corrected chi connectivity index (χ4v) is 4.80. The van der Waals surface area contributed by atoms with Crippen molar-refractivity contribution in [3.63, 3.8) is 0 Å². The maximum atomic E-state index is 13.2. The molecule has 2 aliphatic heterocycles. The van der Waals surface area contributed by atoms with Gasteiger partial charge in [-0.3, -0.25) is 10.1 Å². The molecule has 0 radical (unpaired) electrons. The second-order valence-corrected chi connectivity index (χ2v) is 9.73. The van der Waals surface area contributed by atoms with Gasteiger partial charge in [0.15, 0.2) is 5.11 Å². The minimum atomic E-state index is -0.243. The van der Waals surface area contributed by atoms with Gasteiger partial charge in [0.25, 0.3) is 0 Å². The number of hydrogen-bond donors (Lipinski definition) is 2. The SMILES string of the molecule is COc1ccc(NC(=S)N2CCC3(CC2)NC(CC(C)C)C(=O)N3CC(C)C)cc1. The summed E-state index contributed by atoms with van der Waals surface area (Å²) < 4.78 is 5.21. The van der Waals surface area contributed by atoms with E-state index in [0.29, 0.717) is 11.8 Å². The predicted octanol–water partition coefficient (Wildman–Crippen LogP) is 3.69. The van der Waals surface area contributed by atoms with Gasteiger partial charge in [-0.2, -0.15) is 0 Å². The molecule has 1 unspecified atom stereocenters. The van der Waals surface area contributed by atoms with Crippen LogP contribution in [0.15, 0.2) is 24.3 Å². The molecule has 1 spiro atoms. The average Bonchev–Trinajstić information content (AvgIpc) is 2.93. The Labute approximate surface area is 186 Å². The number of rotatable bonds is 6. The molecule has 2 saturated heterocycles. The van der Waals surface area contributed by atoms with Crippen molar-refractivity contribution in [3.05, 3.63) is 24.3 Å². The number of carbonyl (C=O) groups excluding carboxylic acids is 1. The van der Waals surface area contributed by atoms with E-state index in [1.807, 2.05) is 24.3 Å². The van der Waals surface area contributed by atoms with Gasteiger partial charge >= 0.3 is 0 Å². The molecular weight excluding hydrogens is 396 g/mol. The summed E-state index contributed by atoms with van der Waals surface area (Å²) >= 11 is 5.67. The van der Waals surface area contributed by atoms with Crippen LogP contribution in [0.25, 0.3) is 0 Å². The summed E-state index contributed by atoms with van der Waals surface area (Å²) in [6.45, 7) is 11.2. The van der Waals surface area contributed by atoms with E-state index in [9.17, 15) is 4.79 Å². The number of piperidine rings is 1. The first-order valence-corrected chi connectivity index (χ1v) is 11.4. The molecule has 2 N–H and O–H groups in total. The zero-order valence-corrected chi connectivity index (χ0v) is 19.7. The minimum Gasteiger partial charge on any atom is -0.497 e. The summed E-state index contributed by atoms with van der Waals surface area (Å²) in [4.78, 5) is 17.5. The molecule has 30 heavy (non-hydrogen) atoms. The Morgan fingerprint density at radius 2 is 1.83 bits per heavy atom. The molecule has 3 rings (SSSR count). The highest BCUT2D eigenvalue weighted by molar-refractivity contribution is 7.80. The number of carbonyl (C=O) groups is 1. The van der Waals surface area contributed by atoms with Crippen molar-refractivity contribution in [1.29, 1.82) is 0 Å². The number of nitrogens with zero attached hydrogens (tertiary/aromatic N) is 2. The first-order valence-electron chi connectivity index (χ1n) is 11.0. The molecule has 0 aliphatic carbocycles. The van der Waals surface area contributed by atoms with Gasteiger partial charge in [0.05, 0.1) is 18.8 Å². The molecule has 6 nitrogen and oxygen atoms in total. The Kier molecular flexibility index (Phi) is 7.24. The van der Waals surface area contributed by atoms with Crippen LogP contribution in [-0.2, 0) is 4.79 Å². The zero-order valence-electron chi connectivity index (χ0n) is 18.9. The first-order chi connectivity index (χ1) is 14.2. The highest BCUT2D eigenvalue weighted by atomic mass is 32.1. The van der Waals surface area contributed by atoms with E-state index < -0.39 is 0 Å². The fraction of sp³-hybridized carbons (Fsp3) is 0.652. The quantitative estimate of drug-likeness (QED) is 0.669. The maximum absolute atomic E-state index is 13.2. The maximum Gasteiger partial charge on any atom is 0.241 e. The number of nitrogens with one attached hydrogen (secondary N) is 2. The van der Waals surface area contributed by atoms with Crippen LogP contribution in [0.2, 0.25) is 0 Å². The Morgan fingerprint density at radius 1 is 1.20 bits per heavy atom. The number of thiocarbonyl (C=S) groups is 1. The van der Waals surface area contributed by atoms with Crippen LogP contribution in [-0.4, -0.2) is 59.3 Å². The molecule has 1 aromatic carbocycles. The molecule has 7 heteroatoms. The third kappa shape index (κ3) is 5.06. The van der Waals surface area contributed by atoms with E-state index in [-0.39, 0.29) is 17.6 Å². The number of likely N-dealkylation sites (tertiary alicyclic amines) is 1. The lowest BCUT2D eigenvalue weighted by molar-refractivity contribution is -0.134. The molecule has 1 atom stereocenters. The topological polar surface area (TPSA) is 56.8 Å². The lowest BCUT2D eigenvalue weighted by atomic mass is 9.95. The van der Waals surface area contributed by atoms with Crippen LogP contribution in [0.5, 0.6) is 5.75 Å². The summed E-state index contributed by atoms with van der Waals surface area (Å²) in [6.07, 6.45) is 2.64. The van der Waals surface area contributed by atoms with E-state index in [4.69, 9.17) is 17.0 Å². The number of methoxy groups -OCH3 is 1. The Morgan fingerprint density at radius 3 is 2.37 bits per heavy atom. The molecule has 0 bridgehead atoms. The third-order valence-electron chi connectivity index (χ3n) is 6.00. The number of amides is 1. The van der Waals surface area contributed by atoms with Crippen molar-refractivity contribution in [2.45, 2.75) is 58.7 Å². The predicted molar refractivity (Wildman–Crippen MR) is 126 cm³/mol. The van der Waals surface area contributed by atoms with Crippen LogP contribution in [0, 0.1) is 11.8 Å². The second kappa shape index (κ2) is 9.52. The normalized spacial score (nSPS) is 21.0. The van der Waals surface area contributed by atoms with Gasteiger partial charge in [-0.15, -0.1) is 0 Å². The Balaban J connectivity index is 1.64. The monoisotopic (exact) mass is 432 g/mol. The molecule has 1 amide bonds. The summed E-state index contributed by atoms with van der Waals surface area (Å²) in [5.41, 5.74) is 0.710. The Bertz CT molecular complexity index is 742. The van der Waals surface area contributed by atoms with Crippen molar-refractivity contribution < 1.29 is 9.53 Å². The van der Waals surface area contributed by atoms with Crippen molar-refractivity contribution in [3.8, 4) is 5.75 Å². The van der Waals surface area contributed by atoms with Gasteiger partial charge in [0.2, 0.25) is 5.91 Å². The molecule has 0 saturated carbocycles. The van der Waals surface area contributed by atoms with E-state index in [0.717, 1.165) is 55.4 Å². The highest BCUT2D eigenvalue weighted by Gasteiger charge is 2.51. The minimum absolute atomic E-state index is 0.0697. The Hall–Kier alpha value is -1.86. The third-order valence-corrected chi connectivity index (χ3v) is 6.36. The molecule has 2 heterocycles. The molecule has 166 valence electrons. The van der Waals surface area contributed by atoms with Gasteiger partial charge in [-0.05, 0) is 54.7 Å². The van der Waals surface area contributed by atoms with Crippen molar-refractivity contribution in [1.82, 2.24) is 15.1 Å². The van der Waals surface area contributed by atoms with E-state index >= 15 is 0 Å². The molecular formula is C23H36N4O2S. The van der Waals surface area contributed by atoms with Gasteiger partial charge < -0.3 is 19.9 Å². The van der Waals surface area contributed by atoms with E-state index in [2.05, 4.69) is 48.1 Å². The highest BCUT2D eigenvalue weighted by Crippen LogP contribution is 2.35. The molecule has 1 aromatic rings. The average molecular weight is 433 g/mol. The van der Waals surface area contributed by atoms with Crippen molar-refractivity contribution in [2.24, 2.45) is 11.8 Å². The number of hydrogen-bond acceptors (Lipinski definition) is 4. The van der Waals surface area contributed by atoms with Gasteiger partial charge in [-0.1, -0.05) is 27.7 Å². The number of ether oxygens (including phenoxy) is 1. The standard InChI is InChI=1S/C23H36N4O2S/c1-16(2)14-20-21(28)27(15-17(3)4)23(25-20)10-12-26(13-11-23)22(30)24-18-6-8-19(29-5)9-7-18/h6-9,16-17,20,25H,10-15H2,1-5H3,(H,24,30). The van der Waals surface area contributed by atoms with Crippen LogP contribution in [0.4, 0.5) is 5.69 Å². The van der Waals surface area contributed by atoms with Gasteiger partial charge in [-0.25, -0.2) is 0 Å². The lowest BCUT2D eigenvalue weighted by Gasteiger charge is -2.45. The smallest absolute Gasteiger partial charge is 0.241 e. The van der Waals surface area contributed by atoms with Gasteiger partial charge in [0.1, 0.15) is 5.75 Å². The summed E-state index contributed by atoms with van der Waals surface area (Å²) in [6, 6.07) is 7.70. The first kappa shape index (κ1) is 22.8. The number of benzene rings is 1.